The van der Waals surface area contributed by atoms with E-state index in [9.17, 15) is 4.79 Å². The molecule has 0 amide bonds. The Morgan fingerprint density at radius 2 is 1.72 bits per heavy atom. The van der Waals surface area contributed by atoms with Gasteiger partial charge in [0, 0.05) is 0 Å². The normalized spacial score (nSPS) is 11.9. The van der Waals surface area contributed by atoms with Crippen molar-refractivity contribution in [1.82, 2.24) is 0 Å². The van der Waals surface area contributed by atoms with Crippen LogP contribution in [0.5, 0.6) is 5.75 Å². The topological polar surface area (TPSA) is 26.3 Å². The van der Waals surface area contributed by atoms with E-state index in [1.807, 2.05) is 24.3 Å². The SMILES string of the molecule is CCC/C(C=O)=C(\CCC)c1ccc(OC)cc1. The van der Waals surface area contributed by atoms with Gasteiger partial charge in [-0.3, -0.25) is 4.79 Å². The number of benzene rings is 1. The molecule has 0 heterocycles. The lowest BCUT2D eigenvalue weighted by Gasteiger charge is -2.11. The van der Waals surface area contributed by atoms with Crippen molar-refractivity contribution in [2.24, 2.45) is 0 Å². The highest BCUT2D eigenvalue weighted by atomic mass is 16.5. The van der Waals surface area contributed by atoms with Crippen molar-refractivity contribution in [3.63, 3.8) is 0 Å². The van der Waals surface area contributed by atoms with Crippen LogP contribution in [0.1, 0.15) is 45.1 Å². The van der Waals surface area contributed by atoms with E-state index in [-0.39, 0.29) is 0 Å². The van der Waals surface area contributed by atoms with E-state index in [1.54, 1.807) is 7.11 Å². The van der Waals surface area contributed by atoms with Gasteiger partial charge in [0.2, 0.25) is 0 Å². The van der Waals surface area contributed by atoms with E-state index in [0.29, 0.717) is 0 Å². The van der Waals surface area contributed by atoms with E-state index in [2.05, 4.69) is 13.8 Å². The summed E-state index contributed by atoms with van der Waals surface area (Å²) >= 11 is 0. The first-order chi connectivity index (χ1) is 8.76. The Balaban J connectivity index is 3.12. The van der Waals surface area contributed by atoms with Crippen LogP contribution in [-0.4, -0.2) is 13.4 Å². The predicted molar refractivity (Wildman–Crippen MR) is 75.8 cm³/mol. The van der Waals surface area contributed by atoms with Crippen LogP contribution in [-0.2, 0) is 4.79 Å². The van der Waals surface area contributed by atoms with Gasteiger partial charge in [-0.2, -0.15) is 0 Å². The molecule has 1 aromatic carbocycles. The summed E-state index contributed by atoms with van der Waals surface area (Å²) in [5.41, 5.74) is 3.25. The summed E-state index contributed by atoms with van der Waals surface area (Å²) < 4.78 is 5.16. The molecule has 0 bridgehead atoms. The lowest BCUT2D eigenvalue weighted by Crippen LogP contribution is -1.95. The molecule has 1 rings (SSSR count). The average Bonchev–Trinajstić information content (AvgIpc) is 2.43. The van der Waals surface area contributed by atoms with Gasteiger partial charge < -0.3 is 4.74 Å². The number of aldehydes is 1. The average molecular weight is 246 g/mol. The third-order valence-electron chi connectivity index (χ3n) is 2.99. The molecule has 0 radical (unpaired) electrons. The summed E-state index contributed by atoms with van der Waals surface area (Å²) in [5.74, 6) is 0.845. The van der Waals surface area contributed by atoms with Crippen molar-refractivity contribution in [2.45, 2.75) is 39.5 Å². The fourth-order valence-electron chi connectivity index (χ4n) is 2.08. The molecule has 2 nitrogen and oxygen atoms in total. The van der Waals surface area contributed by atoms with Crippen molar-refractivity contribution in [3.05, 3.63) is 35.4 Å². The standard InChI is InChI=1S/C16H22O2/c1-4-6-14(12-17)16(7-5-2)13-8-10-15(18-3)11-9-13/h8-12H,4-7H2,1-3H3/b16-14-. The molecule has 0 atom stereocenters. The minimum Gasteiger partial charge on any atom is -0.497 e. The minimum absolute atomic E-state index is 0.845. The van der Waals surface area contributed by atoms with Crippen LogP contribution >= 0.6 is 0 Å². The molecule has 0 spiro atoms. The monoisotopic (exact) mass is 246 g/mol. The van der Waals surface area contributed by atoms with Crippen LogP contribution in [0.15, 0.2) is 29.8 Å². The van der Waals surface area contributed by atoms with Crippen molar-refractivity contribution in [2.75, 3.05) is 7.11 Å². The van der Waals surface area contributed by atoms with Crippen LogP contribution in [0.3, 0.4) is 0 Å². The number of rotatable bonds is 7. The highest BCUT2D eigenvalue weighted by Crippen LogP contribution is 2.27. The minimum atomic E-state index is 0.845. The quantitative estimate of drug-likeness (QED) is 0.531. The number of carbonyl (C=O) groups is 1. The molecule has 1 aromatic rings. The summed E-state index contributed by atoms with van der Waals surface area (Å²) in [4.78, 5) is 11.2. The number of ether oxygens (including phenoxy) is 1. The van der Waals surface area contributed by atoms with E-state index >= 15 is 0 Å². The van der Waals surface area contributed by atoms with E-state index < -0.39 is 0 Å². The Morgan fingerprint density at radius 1 is 1.11 bits per heavy atom. The summed E-state index contributed by atoms with van der Waals surface area (Å²) in [6, 6.07) is 7.95. The second-order valence-corrected chi connectivity index (χ2v) is 4.35. The molecule has 0 aliphatic rings. The highest BCUT2D eigenvalue weighted by molar-refractivity contribution is 5.88. The molecule has 0 fully saturated rings. The third-order valence-corrected chi connectivity index (χ3v) is 2.99. The van der Waals surface area contributed by atoms with Crippen molar-refractivity contribution >= 4 is 11.9 Å². The van der Waals surface area contributed by atoms with Gasteiger partial charge >= 0.3 is 0 Å². The molecule has 0 saturated carbocycles. The molecule has 0 unspecified atom stereocenters. The fraction of sp³-hybridized carbons (Fsp3) is 0.438. The van der Waals surface area contributed by atoms with Crippen LogP contribution in [0.4, 0.5) is 0 Å². The van der Waals surface area contributed by atoms with Gasteiger partial charge in [-0.05, 0) is 41.7 Å². The van der Waals surface area contributed by atoms with Crippen LogP contribution in [0.25, 0.3) is 5.57 Å². The van der Waals surface area contributed by atoms with Crippen LogP contribution in [0.2, 0.25) is 0 Å². The van der Waals surface area contributed by atoms with Gasteiger partial charge in [0.15, 0.2) is 0 Å². The first kappa shape index (κ1) is 14.5. The van der Waals surface area contributed by atoms with Crippen molar-refractivity contribution < 1.29 is 9.53 Å². The molecule has 0 saturated heterocycles. The van der Waals surface area contributed by atoms with Gasteiger partial charge in [0.1, 0.15) is 12.0 Å². The first-order valence-electron chi connectivity index (χ1n) is 6.58. The zero-order valence-corrected chi connectivity index (χ0v) is 11.5. The molecule has 0 aliphatic carbocycles. The van der Waals surface area contributed by atoms with Gasteiger partial charge in [0.25, 0.3) is 0 Å². The number of hydrogen-bond donors (Lipinski definition) is 0. The molecule has 0 N–H and O–H groups in total. The maximum Gasteiger partial charge on any atom is 0.146 e. The Morgan fingerprint density at radius 3 is 2.17 bits per heavy atom. The zero-order chi connectivity index (χ0) is 13.4. The fourth-order valence-corrected chi connectivity index (χ4v) is 2.08. The number of carbonyl (C=O) groups excluding carboxylic acids is 1. The lowest BCUT2D eigenvalue weighted by molar-refractivity contribution is -0.105. The van der Waals surface area contributed by atoms with Crippen molar-refractivity contribution in [3.8, 4) is 5.75 Å². The van der Waals surface area contributed by atoms with Gasteiger partial charge in [0.05, 0.1) is 7.11 Å². The number of hydrogen-bond acceptors (Lipinski definition) is 2. The molecule has 2 heteroatoms. The third kappa shape index (κ3) is 3.73. The maximum atomic E-state index is 11.2. The van der Waals surface area contributed by atoms with Gasteiger partial charge in [-0.1, -0.05) is 38.8 Å². The molecule has 0 aromatic heterocycles. The smallest absolute Gasteiger partial charge is 0.146 e. The first-order valence-corrected chi connectivity index (χ1v) is 6.58. The number of methoxy groups -OCH3 is 1. The molecular weight excluding hydrogens is 224 g/mol. The summed E-state index contributed by atoms with van der Waals surface area (Å²) in [6.07, 6.45) is 4.85. The van der Waals surface area contributed by atoms with Gasteiger partial charge in [-0.15, -0.1) is 0 Å². The lowest BCUT2D eigenvalue weighted by atomic mass is 9.94. The Hall–Kier alpha value is -1.57. The van der Waals surface area contributed by atoms with Crippen LogP contribution in [0, 0.1) is 0 Å². The Bertz CT molecular complexity index is 402. The molecular formula is C16H22O2. The highest BCUT2D eigenvalue weighted by Gasteiger charge is 2.08. The van der Waals surface area contributed by atoms with Crippen molar-refractivity contribution in [1.29, 1.82) is 0 Å². The zero-order valence-electron chi connectivity index (χ0n) is 11.5. The predicted octanol–water partition coefficient (Wildman–Crippen LogP) is 4.25. The summed E-state index contributed by atoms with van der Waals surface area (Å²) in [7, 11) is 1.66. The second-order valence-electron chi connectivity index (χ2n) is 4.35. The maximum absolute atomic E-state index is 11.2. The van der Waals surface area contributed by atoms with Crippen LogP contribution < -0.4 is 4.74 Å². The molecule has 18 heavy (non-hydrogen) atoms. The summed E-state index contributed by atoms with van der Waals surface area (Å²) in [5, 5.41) is 0. The van der Waals surface area contributed by atoms with E-state index in [4.69, 9.17) is 4.74 Å². The largest absolute Gasteiger partial charge is 0.497 e. The molecule has 0 aliphatic heterocycles. The summed E-state index contributed by atoms with van der Waals surface area (Å²) in [6.45, 7) is 4.24. The van der Waals surface area contributed by atoms with E-state index in [1.165, 1.54) is 5.57 Å². The number of allylic oxidation sites excluding steroid dienone is 2. The Labute approximate surface area is 110 Å². The Kier molecular flexibility index (Phi) is 6.20. The van der Waals surface area contributed by atoms with Gasteiger partial charge in [-0.25, -0.2) is 0 Å². The second kappa shape index (κ2) is 7.70. The molecule has 98 valence electrons. The van der Waals surface area contributed by atoms with E-state index in [0.717, 1.165) is 48.9 Å².